The van der Waals surface area contributed by atoms with Crippen LogP contribution in [0.1, 0.15) is 23.5 Å². The number of carboxylic acids is 1. The highest BCUT2D eigenvalue weighted by Gasteiger charge is 2.30. The molecule has 2 aromatic carbocycles. The summed E-state index contributed by atoms with van der Waals surface area (Å²) in [5.74, 6) is 2.73. The van der Waals surface area contributed by atoms with Gasteiger partial charge < -0.3 is 25.6 Å². The fourth-order valence-electron chi connectivity index (χ4n) is 3.54. The van der Waals surface area contributed by atoms with E-state index in [0.717, 1.165) is 22.3 Å². The van der Waals surface area contributed by atoms with Gasteiger partial charge in [-0.15, -0.1) is 0 Å². The van der Waals surface area contributed by atoms with E-state index in [0.29, 0.717) is 0 Å². The number of ether oxygens (including phenoxy) is 1. The Hall–Kier alpha value is -3.83. The van der Waals surface area contributed by atoms with Gasteiger partial charge in [0.25, 0.3) is 0 Å². The van der Waals surface area contributed by atoms with Crippen molar-refractivity contribution in [1.82, 2.24) is 10.6 Å². The quantitative estimate of drug-likeness (QED) is 0.501. The molecule has 1 aliphatic carbocycles. The number of benzene rings is 2. The average molecular weight is 422 g/mol. The summed E-state index contributed by atoms with van der Waals surface area (Å²) in [4.78, 5) is 35.6. The number of carbonyl (C=O) groups excluding carboxylic acids is 2. The number of carboxylic acid groups (broad SMARTS) is 1. The maximum atomic E-state index is 12.3. The lowest BCUT2D eigenvalue weighted by atomic mass is 9.98. The maximum Gasteiger partial charge on any atom is 0.407 e. The maximum absolute atomic E-state index is 12.3. The van der Waals surface area contributed by atoms with Crippen LogP contribution in [0, 0.1) is 11.8 Å². The minimum atomic E-state index is -1.32. The summed E-state index contributed by atoms with van der Waals surface area (Å²) in [6.07, 6.45) is -1.49. The molecular weight excluding hydrogens is 400 g/mol. The lowest BCUT2D eigenvalue weighted by Gasteiger charge is -2.18. The van der Waals surface area contributed by atoms with Gasteiger partial charge >= 0.3 is 12.1 Å². The number of hydrogen-bond donors (Lipinski definition) is 4. The van der Waals surface area contributed by atoms with Crippen molar-refractivity contribution >= 4 is 18.0 Å². The molecule has 8 nitrogen and oxygen atoms in total. The lowest BCUT2D eigenvalue weighted by Crippen LogP contribution is -2.48. The number of aliphatic hydroxyl groups is 1. The number of aliphatic carboxylic acids is 1. The average Bonchev–Trinajstić information content (AvgIpc) is 3.08. The van der Waals surface area contributed by atoms with Crippen LogP contribution < -0.4 is 10.6 Å². The van der Waals surface area contributed by atoms with Gasteiger partial charge in [0.1, 0.15) is 19.3 Å². The van der Waals surface area contributed by atoms with Crippen LogP contribution in [0.15, 0.2) is 48.5 Å². The molecule has 0 aromatic heterocycles. The Bertz CT molecular complexity index is 994. The molecule has 3 rings (SSSR count). The van der Waals surface area contributed by atoms with Crippen molar-refractivity contribution in [3.8, 4) is 23.0 Å². The van der Waals surface area contributed by atoms with E-state index < -0.39 is 30.4 Å². The van der Waals surface area contributed by atoms with Gasteiger partial charge in [-0.2, -0.15) is 0 Å². The van der Waals surface area contributed by atoms with Crippen LogP contribution in [-0.4, -0.2) is 54.0 Å². The summed E-state index contributed by atoms with van der Waals surface area (Å²) in [7, 11) is 0. The third-order valence-electron chi connectivity index (χ3n) is 4.89. The van der Waals surface area contributed by atoms with Crippen LogP contribution in [0.2, 0.25) is 0 Å². The molecule has 0 saturated heterocycles. The number of fused-ring (bicyclic) bond motifs is 3. The Morgan fingerprint density at radius 2 is 1.61 bits per heavy atom. The van der Waals surface area contributed by atoms with Gasteiger partial charge in [-0.3, -0.25) is 9.59 Å². The molecule has 0 saturated carbocycles. The number of amides is 2. The zero-order valence-corrected chi connectivity index (χ0v) is 16.6. The third-order valence-corrected chi connectivity index (χ3v) is 4.89. The normalized spacial score (nSPS) is 12.5. The molecule has 0 heterocycles. The van der Waals surface area contributed by atoms with E-state index in [4.69, 9.17) is 14.9 Å². The first kappa shape index (κ1) is 21.9. The molecule has 0 bridgehead atoms. The molecule has 1 atom stereocenters. The highest BCUT2D eigenvalue weighted by atomic mass is 16.5. The predicted molar refractivity (Wildman–Crippen MR) is 112 cm³/mol. The van der Waals surface area contributed by atoms with Crippen molar-refractivity contribution in [2.24, 2.45) is 0 Å². The third kappa shape index (κ3) is 5.41. The van der Waals surface area contributed by atoms with Crippen LogP contribution in [0.4, 0.5) is 4.79 Å². The fraction of sp³-hybridized carbons (Fsp3) is 0.261. The van der Waals surface area contributed by atoms with Crippen molar-refractivity contribution < 1.29 is 29.3 Å². The Balaban J connectivity index is 1.64. The lowest BCUT2D eigenvalue weighted by molar-refractivity contribution is -0.139. The number of aliphatic hydroxyl groups excluding tert-OH is 1. The van der Waals surface area contributed by atoms with Gasteiger partial charge in [0.2, 0.25) is 5.91 Å². The van der Waals surface area contributed by atoms with Crippen LogP contribution in [0.25, 0.3) is 11.1 Å². The molecule has 1 unspecified atom stereocenters. The van der Waals surface area contributed by atoms with Gasteiger partial charge in [-0.05, 0) is 22.3 Å². The first-order chi connectivity index (χ1) is 15.0. The Morgan fingerprint density at radius 3 is 2.19 bits per heavy atom. The topological polar surface area (TPSA) is 125 Å². The Kier molecular flexibility index (Phi) is 7.25. The zero-order chi connectivity index (χ0) is 22.2. The van der Waals surface area contributed by atoms with E-state index in [1.807, 2.05) is 48.5 Å². The van der Waals surface area contributed by atoms with Gasteiger partial charge in [0.15, 0.2) is 0 Å². The van der Waals surface area contributed by atoms with Crippen LogP contribution in [0.5, 0.6) is 0 Å². The highest BCUT2D eigenvalue weighted by molar-refractivity contribution is 5.89. The monoisotopic (exact) mass is 422 g/mol. The van der Waals surface area contributed by atoms with E-state index in [1.54, 1.807) is 0 Å². The van der Waals surface area contributed by atoms with Crippen molar-refractivity contribution in [1.29, 1.82) is 0 Å². The minimum Gasteiger partial charge on any atom is -0.481 e. The van der Waals surface area contributed by atoms with E-state index in [2.05, 4.69) is 22.5 Å². The summed E-state index contributed by atoms with van der Waals surface area (Å²) in [6.45, 7) is -0.391. The standard InChI is InChI=1S/C23H22N2O6/c26-12-6-5-11-24-22(29)20(13-21(27)28)25-23(30)31-14-19-17-9-3-1-7-15(17)16-8-2-4-10-18(16)19/h1-4,7-10,19-20,26H,11-14H2,(H,24,29)(H,25,30)(H,27,28). The summed E-state index contributed by atoms with van der Waals surface area (Å²) in [5, 5.41) is 22.4. The molecule has 8 heteroatoms. The SMILES string of the molecule is O=C(O)CC(NC(=O)OCC1c2ccccc2-c2ccccc21)C(=O)NCC#CCO. The fourth-order valence-corrected chi connectivity index (χ4v) is 3.54. The number of alkyl carbamates (subject to hydrolysis) is 1. The molecule has 1 aliphatic rings. The zero-order valence-electron chi connectivity index (χ0n) is 16.6. The minimum absolute atomic E-state index is 0.0449. The first-order valence-corrected chi connectivity index (χ1v) is 9.69. The summed E-state index contributed by atoms with van der Waals surface area (Å²) in [6, 6.07) is 14.4. The molecular formula is C23H22N2O6. The number of rotatable bonds is 7. The van der Waals surface area contributed by atoms with Crippen molar-refractivity contribution in [3.05, 3.63) is 59.7 Å². The second kappa shape index (κ2) is 10.3. The van der Waals surface area contributed by atoms with E-state index in [9.17, 15) is 14.4 Å². The van der Waals surface area contributed by atoms with Gasteiger partial charge in [0.05, 0.1) is 13.0 Å². The smallest absolute Gasteiger partial charge is 0.407 e. The van der Waals surface area contributed by atoms with Crippen LogP contribution >= 0.6 is 0 Å². The summed E-state index contributed by atoms with van der Waals surface area (Å²) in [5.41, 5.74) is 4.25. The second-order valence-corrected chi connectivity index (χ2v) is 6.85. The highest BCUT2D eigenvalue weighted by Crippen LogP contribution is 2.44. The molecule has 0 fully saturated rings. The Morgan fingerprint density at radius 1 is 1.00 bits per heavy atom. The summed E-state index contributed by atoms with van der Waals surface area (Å²) < 4.78 is 5.36. The number of nitrogens with one attached hydrogen (secondary N) is 2. The van der Waals surface area contributed by atoms with Gasteiger partial charge in [0, 0.05) is 5.92 Å². The molecule has 2 aromatic rings. The van der Waals surface area contributed by atoms with Crippen molar-refractivity contribution in [2.45, 2.75) is 18.4 Å². The first-order valence-electron chi connectivity index (χ1n) is 9.69. The van der Waals surface area contributed by atoms with E-state index in [-0.39, 0.29) is 25.7 Å². The largest absolute Gasteiger partial charge is 0.481 e. The van der Waals surface area contributed by atoms with E-state index in [1.165, 1.54) is 0 Å². The molecule has 0 radical (unpaired) electrons. The van der Waals surface area contributed by atoms with E-state index >= 15 is 0 Å². The molecule has 0 spiro atoms. The molecule has 4 N–H and O–H groups in total. The predicted octanol–water partition coefficient (Wildman–Crippen LogP) is 1.48. The number of hydrogen-bond acceptors (Lipinski definition) is 5. The van der Waals surface area contributed by atoms with Crippen molar-refractivity contribution in [3.63, 3.8) is 0 Å². The van der Waals surface area contributed by atoms with Gasteiger partial charge in [-0.25, -0.2) is 4.79 Å². The number of carbonyl (C=O) groups is 3. The molecule has 160 valence electrons. The van der Waals surface area contributed by atoms with Gasteiger partial charge in [-0.1, -0.05) is 60.4 Å². The second-order valence-electron chi connectivity index (χ2n) is 6.85. The molecule has 0 aliphatic heterocycles. The molecule has 31 heavy (non-hydrogen) atoms. The molecule has 2 amide bonds. The van der Waals surface area contributed by atoms with Crippen LogP contribution in [0.3, 0.4) is 0 Å². The Labute approximate surface area is 179 Å². The summed E-state index contributed by atoms with van der Waals surface area (Å²) >= 11 is 0. The van der Waals surface area contributed by atoms with Crippen molar-refractivity contribution in [2.75, 3.05) is 19.8 Å². The van der Waals surface area contributed by atoms with Crippen LogP contribution in [-0.2, 0) is 14.3 Å².